The van der Waals surface area contributed by atoms with Gasteiger partial charge < -0.3 is 5.32 Å². The van der Waals surface area contributed by atoms with E-state index in [9.17, 15) is 9.59 Å². The van der Waals surface area contributed by atoms with Gasteiger partial charge in [0.15, 0.2) is 5.37 Å². The predicted molar refractivity (Wildman–Crippen MR) is 90.2 cm³/mol. The third kappa shape index (κ3) is 2.60. The SMILES string of the molecule is Cc1ccccc1NC1SC(=O)N(c2ccccc2C)C1=O. The quantitative estimate of drug-likeness (QED) is 0.932. The largest absolute Gasteiger partial charge is 0.365 e. The summed E-state index contributed by atoms with van der Waals surface area (Å²) in [4.78, 5) is 26.1. The van der Waals surface area contributed by atoms with Gasteiger partial charge in [0.1, 0.15) is 0 Å². The van der Waals surface area contributed by atoms with Crippen molar-refractivity contribution < 1.29 is 9.59 Å². The molecule has 1 aliphatic rings. The topological polar surface area (TPSA) is 49.4 Å². The Hall–Kier alpha value is -2.27. The van der Waals surface area contributed by atoms with E-state index in [1.807, 2.05) is 56.3 Å². The van der Waals surface area contributed by atoms with Crippen molar-refractivity contribution in [3.8, 4) is 0 Å². The Balaban J connectivity index is 1.86. The highest BCUT2D eigenvalue weighted by Crippen LogP contribution is 2.34. The standard InChI is InChI=1S/C17H16N2O2S/c1-11-7-3-5-9-13(11)18-15-16(20)19(17(21)22-15)14-10-6-4-8-12(14)2/h3-10,15,18H,1-2H3. The zero-order chi connectivity index (χ0) is 15.7. The molecule has 1 fully saturated rings. The molecule has 1 aliphatic heterocycles. The lowest BCUT2D eigenvalue weighted by Crippen LogP contribution is -2.34. The van der Waals surface area contributed by atoms with Crippen molar-refractivity contribution >= 4 is 34.3 Å². The second kappa shape index (κ2) is 5.85. The van der Waals surface area contributed by atoms with E-state index in [1.165, 1.54) is 4.90 Å². The summed E-state index contributed by atoms with van der Waals surface area (Å²) >= 11 is 1.02. The fourth-order valence-corrected chi connectivity index (χ4v) is 3.30. The van der Waals surface area contributed by atoms with Crippen LogP contribution < -0.4 is 10.2 Å². The van der Waals surface area contributed by atoms with Gasteiger partial charge in [-0.3, -0.25) is 9.59 Å². The molecule has 1 heterocycles. The first-order valence-corrected chi connectivity index (χ1v) is 7.88. The number of thioether (sulfide) groups is 1. The number of amides is 2. The number of nitrogens with one attached hydrogen (secondary N) is 1. The summed E-state index contributed by atoms with van der Waals surface area (Å²) in [6.07, 6.45) is 0. The number of benzene rings is 2. The molecule has 5 heteroatoms. The van der Waals surface area contributed by atoms with E-state index in [0.717, 1.165) is 28.6 Å². The smallest absolute Gasteiger partial charge is 0.295 e. The molecule has 3 rings (SSSR count). The summed E-state index contributed by atoms with van der Waals surface area (Å²) in [5.74, 6) is -0.229. The Morgan fingerprint density at radius 1 is 0.955 bits per heavy atom. The van der Waals surface area contributed by atoms with Gasteiger partial charge in [-0.05, 0) is 48.9 Å². The number of hydrogen-bond donors (Lipinski definition) is 1. The monoisotopic (exact) mass is 312 g/mol. The van der Waals surface area contributed by atoms with E-state index < -0.39 is 5.37 Å². The van der Waals surface area contributed by atoms with E-state index >= 15 is 0 Å². The van der Waals surface area contributed by atoms with Crippen LogP contribution in [0.5, 0.6) is 0 Å². The van der Waals surface area contributed by atoms with Gasteiger partial charge >= 0.3 is 0 Å². The third-order valence-corrected chi connectivity index (χ3v) is 4.57. The van der Waals surface area contributed by atoms with Crippen LogP contribution >= 0.6 is 11.8 Å². The number of rotatable bonds is 3. The second-order valence-corrected chi connectivity index (χ2v) is 6.24. The summed E-state index contributed by atoms with van der Waals surface area (Å²) in [6.45, 7) is 3.86. The summed E-state index contributed by atoms with van der Waals surface area (Å²) in [7, 11) is 0. The van der Waals surface area contributed by atoms with Gasteiger partial charge in [0.25, 0.3) is 11.1 Å². The van der Waals surface area contributed by atoms with Crippen molar-refractivity contribution in [1.29, 1.82) is 0 Å². The van der Waals surface area contributed by atoms with Gasteiger partial charge in [-0.2, -0.15) is 0 Å². The zero-order valence-electron chi connectivity index (χ0n) is 12.4. The van der Waals surface area contributed by atoms with Gasteiger partial charge in [0.05, 0.1) is 5.69 Å². The Morgan fingerprint density at radius 2 is 1.59 bits per heavy atom. The molecule has 2 amide bonds. The molecule has 2 aromatic rings. The Bertz CT molecular complexity index is 745. The predicted octanol–water partition coefficient (Wildman–Crippen LogP) is 3.94. The van der Waals surface area contributed by atoms with Crippen LogP contribution in [0.2, 0.25) is 0 Å². The third-order valence-electron chi connectivity index (χ3n) is 3.63. The normalized spacial score (nSPS) is 17.9. The van der Waals surface area contributed by atoms with Crippen LogP contribution in [-0.2, 0) is 4.79 Å². The van der Waals surface area contributed by atoms with Crippen LogP contribution in [0.3, 0.4) is 0 Å². The molecule has 1 saturated heterocycles. The van der Waals surface area contributed by atoms with Crippen LogP contribution in [-0.4, -0.2) is 16.5 Å². The first-order valence-electron chi connectivity index (χ1n) is 7.00. The number of anilines is 2. The summed E-state index contributed by atoms with van der Waals surface area (Å²) in [6, 6.07) is 15.1. The molecule has 2 aromatic carbocycles. The maximum atomic E-state index is 12.6. The van der Waals surface area contributed by atoms with E-state index in [-0.39, 0.29) is 11.1 Å². The summed E-state index contributed by atoms with van der Waals surface area (Å²) in [5.41, 5.74) is 3.46. The van der Waals surface area contributed by atoms with Crippen LogP contribution in [0.25, 0.3) is 0 Å². The van der Waals surface area contributed by atoms with Crippen LogP contribution in [0.15, 0.2) is 48.5 Å². The Kier molecular flexibility index (Phi) is 3.90. The van der Waals surface area contributed by atoms with Crippen LogP contribution in [0.4, 0.5) is 16.2 Å². The molecule has 112 valence electrons. The number of imide groups is 1. The lowest BCUT2D eigenvalue weighted by molar-refractivity contribution is -0.116. The van der Waals surface area contributed by atoms with E-state index in [4.69, 9.17) is 0 Å². The van der Waals surface area contributed by atoms with E-state index in [0.29, 0.717) is 5.69 Å². The van der Waals surface area contributed by atoms with Crippen molar-refractivity contribution in [2.75, 3.05) is 10.2 Å². The molecule has 0 aliphatic carbocycles. The number of carbonyl (C=O) groups excluding carboxylic acids is 2. The van der Waals surface area contributed by atoms with Gasteiger partial charge in [-0.25, -0.2) is 4.90 Å². The van der Waals surface area contributed by atoms with Gasteiger partial charge in [0.2, 0.25) is 0 Å². The molecule has 1 N–H and O–H groups in total. The highest BCUT2D eigenvalue weighted by molar-refractivity contribution is 8.16. The fourth-order valence-electron chi connectivity index (χ4n) is 2.41. The van der Waals surface area contributed by atoms with E-state index in [1.54, 1.807) is 6.07 Å². The number of para-hydroxylation sites is 2. The summed E-state index contributed by atoms with van der Waals surface area (Å²) in [5, 5.41) is 2.32. The average Bonchev–Trinajstić information content (AvgIpc) is 2.77. The van der Waals surface area contributed by atoms with Crippen LogP contribution in [0.1, 0.15) is 11.1 Å². The van der Waals surface area contributed by atoms with Crippen LogP contribution in [0, 0.1) is 13.8 Å². The van der Waals surface area contributed by atoms with Crippen molar-refractivity contribution in [3.05, 3.63) is 59.7 Å². The minimum atomic E-state index is -0.590. The molecular weight excluding hydrogens is 296 g/mol. The lowest BCUT2D eigenvalue weighted by Gasteiger charge is -2.17. The van der Waals surface area contributed by atoms with Gasteiger partial charge in [-0.15, -0.1) is 0 Å². The molecule has 22 heavy (non-hydrogen) atoms. The zero-order valence-corrected chi connectivity index (χ0v) is 13.2. The number of nitrogens with zero attached hydrogens (tertiary/aromatic N) is 1. The van der Waals surface area contributed by atoms with Crippen molar-refractivity contribution in [2.24, 2.45) is 0 Å². The molecule has 0 saturated carbocycles. The fraction of sp³-hybridized carbons (Fsp3) is 0.176. The average molecular weight is 312 g/mol. The first kappa shape index (κ1) is 14.7. The first-order chi connectivity index (χ1) is 10.6. The minimum absolute atomic E-state index is 0.229. The second-order valence-electron chi connectivity index (χ2n) is 5.18. The van der Waals surface area contributed by atoms with Gasteiger partial charge in [0, 0.05) is 5.69 Å². The minimum Gasteiger partial charge on any atom is -0.365 e. The lowest BCUT2D eigenvalue weighted by atomic mass is 10.2. The van der Waals surface area contributed by atoms with Crippen molar-refractivity contribution in [1.82, 2.24) is 0 Å². The molecule has 0 aromatic heterocycles. The van der Waals surface area contributed by atoms with Crippen molar-refractivity contribution in [2.45, 2.75) is 19.2 Å². The maximum absolute atomic E-state index is 12.6. The molecule has 0 radical (unpaired) electrons. The number of carbonyl (C=O) groups is 2. The molecule has 1 atom stereocenters. The molecule has 0 bridgehead atoms. The van der Waals surface area contributed by atoms with Gasteiger partial charge in [-0.1, -0.05) is 36.4 Å². The van der Waals surface area contributed by atoms with Crippen molar-refractivity contribution in [3.63, 3.8) is 0 Å². The number of aryl methyl sites for hydroxylation is 2. The highest BCUT2D eigenvalue weighted by Gasteiger charge is 2.41. The Morgan fingerprint density at radius 3 is 2.27 bits per heavy atom. The Labute approximate surface area is 133 Å². The summed E-state index contributed by atoms with van der Waals surface area (Å²) < 4.78 is 0. The molecule has 4 nitrogen and oxygen atoms in total. The molecule has 1 unspecified atom stereocenters. The van der Waals surface area contributed by atoms with E-state index in [2.05, 4.69) is 5.32 Å². The molecule has 0 spiro atoms. The maximum Gasteiger partial charge on any atom is 0.295 e. The molecular formula is C17H16N2O2S. The number of hydrogen-bond acceptors (Lipinski definition) is 4. The highest BCUT2D eigenvalue weighted by atomic mass is 32.2.